The number of rotatable bonds is 7. The van der Waals surface area contributed by atoms with Gasteiger partial charge in [-0.3, -0.25) is 0 Å². The lowest BCUT2D eigenvalue weighted by atomic mass is 10.1. The fourth-order valence-electron chi connectivity index (χ4n) is 1.92. The van der Waals surface area contributed by atoms with Gasteiger partial charge >= 0.3 is 0 Å². The van der Waals surface area contributed by atoms with Crippen LogP contribution in [0.1, 0.15) is 17.5 Å². The van der Waals surface area contributed by atoms with E-state index in [1.807, 2.05) is 17.8 Å². The molecule has 0 aliphatic heterocycles. The molecule has 2 aromatic carbocycles. The van der Waals surface area contributed by atoms with Gasteiger partial charge in [0.1, 0.15) is 0 Å². The van der Waals surface area contributed by atoms with Crippen molar-refractivity contribution in [3.8, 4) is 0 Å². The second-order valence-corrected chi connectivity index (χ2v) is 5.73. The number of hydrogen-bond donors (Lipinski definition) is 1. The molecule has 0 unspecified atom stereocenters. The summed E-state index contributed by atoms with van der Waals surface area (Å²) in [5, 5.41) is 3.44. The van der Waals surface area contributed by atoms with E-state index in [2.05, 4.69) is 60.8 Å². The predicted octanol–water partition coefficient (Wildman–Crippen LogP) is 4.73. The smallest absolute Gasteiger partial charge is 0.0340 e. The molecule has 0 aromatic heterocycles. The number of thioether (sulfide) groups is 1. The fraction of sp³-hybridized carbons (Fsp3) is 0.294. The normalized spacial score (nSPS) is 10.4. The van der Waals surface area contributed by atoms with Crippen molar-refractivity contribution in [2.24, 2.45) is 0 Å². The Balaban J connectivity index is 1.59. The summed E-state index contributed by atoms with van der Waals surface area (Å²) in [5.41, 5.74) is 4.08. The van der Waals surface area contributed by atoms with Crippen LogP contribution in [0.15, 0.2) is 54.6 Å². The first kappa shape index (κ1) is 14.0. The molecule has 0 saturated carbocycles. The van der Waals surface area contributed by atoms with E-state index in [9.17, 15) is 0 Å². The molecule has 2 aromatic rings. The first-order valence-electron chi connectivity index (χ1n) is 6.77. The van der Waals surface area contributed by atoms with Gasteiger partial charge in [0.05, 0.1) is 0 Å². The van der Waals surface area contributed by atoms with Crippen LogP contribution in [0, 0.1) is 6.92 Å². The topological polar surface area (TPSA) is 12.0 Å². The van der Waals surface area contributed by atoms with E-state index in [0.717, 1.165) is 12.3 Å². The van der Waals surface area contributed by atoms with Crippen LogP contribution in [0.2, 0.25) is 0 Å². The molecule has 0 aliphatic carbocycles. The molecule has 0 atom stereocenters. The summed E-state index contributed by atoms with van der Waals surface area (Å²) in [7, 11) is 0. The average molecular weight is 271 g/mol. The molecule has 0 spiro atoms. The maximum atomic E-state index is 3.44. The van der Waals surface area contributed by atoms with Crippen molar-refractivity contribution in [1.29, 1.82) is 0 Å². The minimum absolute atomic E-state index is 1.05. The number of nitrogens with one attached hydrogen (secondary N) is 1. The third kappa shape index (κ3) is 4.99. The van der Waals surface area contributed by atoms with Crippen molar-refractivity contribution in [1.82, 2.24) is 0 Å². The van der Waals surface area contributed by atoms with E-state index in [1.54, 1.807) is 0 Å². The highest BCUT2D eigenvalue weighted by Crippen LogP contribution is 2.16. The Morgan fingerprint density at radius 2 is 1.68 bits per heavy atom. The summed E-state index contributed by atoms with van der Waals surface area (Å²) in [6.45, 7) is 3.23. The first-order valence-corrected chi connectivity index (χ1v) is 7.93. The highest BCUT2D eigenvalue weighted by atomic mass is 32.2. The molecular formula is C17H21NS. The predicted molar refractivity (Wildman–Crippen MR) is 86.9 cm³/mol. The minimum Gasteiger partial charge on any atom is -0.385 e. The van der Waals surface area contributed by atoms with Crippen molar-refractivity contribution >= 4 is 17.4 Å². The second-order valence-electron chi connectivity index (χ2n) is 4.63. The summed E-state index contributed by atoms with van der Waals surface area (Å²) < 4.78 is 0. The van der Waals surface area contributed by atoms with E-state index in [4.69, 9.17) is 0 Å². The molecule has 2 heteroatoms. The van der Waals surface area contributed by atoms with E-state index in [1.165, 1.54) is 29.0 Å². The van der Waals surface area contributed by atoms with Crippen molar-refractivity contribution in [2.45, 2.75) is 19.1 Å². The van der Waals surface area contributed by atoms with Crippen molar-refractivity contribution < 1.29 is 0 Å². The summed E-state index contributed by atoms with van der Waals surface area (Å²) in [6.07, 6.45) is 1.20. The molecule has 1 nitrogen and oxygen atoms in total. The number of hydrogen-bond acceptors (Lipinski definition) is 2. The van der Waals surface area contributed by atoms with Gasteiger partial charge < -0.3 is 5.32 Å². The van der Waals surface area contributed by atoms with Crippen LogP contribution in [0.4, 0.5) is 5.69 Å². The SMILES string of the molecule is Cc1ccccc1CSCCCNc1ccccc1. The Hall–Kier alpha value is -1.41. The van der Waals surface area contributed by atoms with Gasteiger partial charge in [-0.15, -0.1) is 0 Å². The van der Waals surface area contributed by atoms with Crippen LogP contribution in [0.5, 0.6) is 0 Å². The average Bonchev–Trinajstić information content (AvgIpc) is 2.45. The van der Waals surface area contributed by atoms with Gasteiger partial charge in [0.2, 0.25) is 0 Å². The van der Waals surface area contributed by atoms with Crippen LogP contribution < -0.4 is 5.32 Å². The lowest BCUT2D eigenvalue weighted by molar-refractivity contribution is 0.991. The summed E-state index contributed by atoms with van der Waals surface area (Å²) in [5.74, 6) is 2.33. The largest absolute Gasteiger partial charge is 0.385 e. The van der Waals surface area contributed by atoms with Gasteiger partial charge in [-0.2, -0.15) is 11.8 Å². The Labute approximate surface area is 120 Å². The molecule has 0 heterocycles. The molecule has 0 bridgehead atoms. The van der Waals surface area contributed by atoms with Crippen LogP contribution >= 0.6 is 11.8 Å². The molecule has 0 amide bonds. The molecule has 0 radical (unpaired) electrons. The molecule has 0 aliphatic rings. The Morgan fingerprint density at radius 1 is 0.947 bits per heavy atom. The third-order valence-corrected chi connectivity index (χ3v) is 4.18. The van der Waals surface area contributed by atoms with E-state index in [-0.39, 0.29) is 0 Å². The summed E-state index contributed by atoms with van der Waals surface area (Å²) in [6, 6.07) is 19.0. The monoisotopic (exact) mass is 271 g/mol. The van der Waals surface area contributed by atoms with E-state index < -0.39 is 0 Å². The molecule has 0 fully saturated rings. The Bertz CT molecular complexity index is 482. The third-order valence-electron chi connectivity index (χ3n) is 3.09. The van der Waals surface area contributed by atoms with Crippen molar-refractivity contribution in [3.63, 3.8) is 0 Å². The Kier molecular flexibility index (Phi) is 5.83. The van der Waals surface area contributed by atoms with Gasteiger partial charge in [0.25, 0.3) is 0 Å². The van der Waals surface area contributed by atoms with E-state index in [0.29, 0.717) is 0 Å². The maximum Gasteiger partial charge on any atom is 0.0340 e. The van der Waals surface area contributed by atoms with Gasteiger partial charge in [-0.05, 0) is 42.4 Å². The first-order chi connectivity index (χ1) is 9.36. The van der Waals surface area contributed by atoms with Gasteiger partial charge in [0, 0.05) is 18.0 Å². The van der Waals surface area contributed by atoms with Gasteiger partial charge in [-0.25, -0.2) is 0 Å². The van der Waals surface area contributed by atoms with Gasteiger partial charge in [0.15, 0.2) is 0 Å². The highest BCUT2D eigenvalue weighted by molar-refractivity contribution is 7.98. The van der Waals surface area contributed by atoms with Crippen molar-refractivity contribution in [2.75, 3.05) is 17.6 Å². The standard InChI is InChI=1S/C17H21NS/c1-15-8-5-6-9-16(15)14-19-13-7-12-18-17-10-3-2-4-11-17/h2-6,8-11,18H,7,12-14H2,1H3. The van der Waals surface area contributed by atoms with Crippen molar-refractivity contribution in [3.05, 3.63) is 65.7 Å². The molecule has 2 rings (SSSR count). The zero-order chi connectivity index (χ0) is 13.3. The molecule has 1 N–H and O–H groups in total. The number of anilines is 1. The van der Waals surface area contributed by atoms with Crippen LogP contribution in [0.3, 0.4) is 0 Å². The molecule has 19 heavy (non-hydrogen) atoms. The lowest BCUT2D eigenvalue weighted by Crippen LogP contribution is -2.02. The van der Waals surface area contributed by atoms with E-state index >= 15 is 0 Å². The summed E-state index contributed by atoms with van der Waals surface area (Å²) in [4.78, 5) is 0. The quantitative estimate of drug-likeness (QED) is 0.731. The maximum absolute atomic E-state index is 3.44. The van der Waals surface area contributed by atoms with Crippen LogP contribution in [-0.4, -0.2) is 12.3 Å². The van der Waals surface area contributed by atoms with Crippen LogP contribution in [-0.2, 0) is 5.75 Å². The zero-order valence-corrected chi connectivity index (χ0v) is 12.2. The zero-order valence-electron chi connectivity index (χ0n) is 11.4. The molecular weight excluding hydrogens is 250 g/mol. The second kappa shape index (κ2) is 7.90. The molecule has 100 valence electrons. The number of benzene rings is 2. The lowest BCUT2D eigenvalue weighted by Gasteiger charge is -2.07. The van der Waals surface area contributed by atoms with Gasteiger partial charge in [-0.1, -0.05) is 42.5 Å². The highest BCUT2D eigenvalue weighted by Gasteiger charge is 1.97. The molecule has 0 saturated heterocycles. The fourth-order valence-corrected chi connectivity index (χ4v) is 2.95. The minimum atomic E-state index is 1.05. The summed E-state index contributed by atoms with van der Waals surface area (Å²) >= 11 is 2.02. The number of aryl methyl sites for hydroxylation is 1. The van der Waals surface area contributed by atoms with Crippen LogP contribution in [0.25, 0.3) is 0 Å². The Morgan fingerprint density at radius 3 is 2.47 bits per heavy atom. The number of para-hydroxylation sites is 1.